The first-order valence-corrected chi connectivity index (χ1v) is 14.2. The molecule has 6 nitrogen and oxygen atoms in total. The van der Waals surface area contributed by atoms with Crippen LogP contribution in [0.1, 0.15) is 39.7 Å². The zero-order valence-electron chi connectivity index (χ0n) is 22.1. The van der Waals surface area contributed by atoms with Crippen LogP contribution in [0.3, 0.4) is 0 Å². The molecular formula is C31H31F2N3O3S. The van der Waals surface area contributed by atoms with Gasteiger partial charge in [0.25, 0.3) is 5.91 Å². The van der Waals surface area contributed by atoms with Crippen molar-refractivity contribution in [3.8, 4) is 16.3 Å². The molecule has 0 bridgehead atoms. The number of aliphatic hydroxyl groups excluding tert-OH is 1. The first-order chi connectivity index (χ1) is 19.4. The van der Waals surface area contributed by atoms with Gasteiger partial charge in [-0.25, -0.2) is 13.8 Å². The molecule has 2 unspecified atom stereocenters. The molecule has 1 aliphatic rings. The summed E-state index contributed by atoms with van der Waals surface area (Å²) in [5.41, 5.74) is 4.84. The molecule has 5 rings (SSSR count). The summed E-state index contributed by atoms with van der Waals surface area (Å²) in [5, 5.41) is 19.5. The summed E-state index contributed by atoms with van der Waals surface area (Å²) < 4.78 is 33.3. The van der Waals surface area contributed by atoms with Crippen molar-refractivity contribution in [1.29, 1.82) is 0 Å². The van der Waals surface area contributed by atoms with E-state index >= 15 is 0 Å². The molecule has 4 aromatic rings. The number of fused-ring (bicyclic) bond motifs is 1. The molecule has 2 atom stereocenters. The summed E-state index contributed by atoms with van der Waals surface area (Å²) in [6.45, 7) is 3.44. The number of aryl methyl sites for hydroxylation is 1. The number of benzene rings is 3. The van der Waals surface area contributed by atoms with Crippen molar-refractivity contribution in [1.82, 2.24) is 15.6 Å². The molecule has 1 amide bonds. The molecule has 0 radical (unpaired) electrons. The molecule has 0 aliphatic carbocycles. The fraction of sp³-hybridized carbons (Fsp3) is 0.290. The van der Waals surface area contributed by atoms with Crippen LogP contribution in [-0.4, -0.2) is 41.3 Å². The Morgan fingerprint density at radius 2 is 1.88 bits per heavy atom. The Labute approximate surface area is 236 Å². The normalized spacial score (nSPS) is 13.9. The smallest absolute Gasteiger partial charge is 0.271 e. The SMILES string of the molecule is CCc1cccc(CNCC(O)C(Cc2cc(F)cc(F)c2)NC(=O)c2csc(-c3ccc4c(c3)CCO4)n2)c1. The summed E-state index contributed by atoms with van der Waals surface area (Å²) in [6.07, 6.45) is 0.768. The Hall–Kier alpha value is -3.66. The molecule has 0 saturated carbocycles. The van der Waals surface area contributed by atoms with Gasteiger partial charge in [0.2, 0.25) is 0 Å². The average Bonchev–Trinajstić information content (AvgIpc) is 3.62. The van der Waals surface area contributed by atoms with Crippen molar-refractivity contribution in [3.05, 3.63) is 106 Å². The van der Waals surface area contributed by atoms with E-state index in [4.69, 9.17) is 4.74 Å². The Balaban J connectivity index is 1.28. The maximum absolute atomic E-state index is 13.9. The number of carbonyl (C=O) groups excluding carboxylic acids is 1. The number of halogens is 2. The molecule has 9 heteroatoms. The summed E-state index contributed by atoms with van der Waals surface area (Å²) in [6, 6.07) is 16.4. The third-order valence-electron chi connectivity index (χ3n) is 6.91. The third kappa shape index (κ3) is 6.91. The van der Waals surface area contributed by atoms with Crippen LogP contribution in [0, 0.1) is 11.6 Å². The van der Waals surface area contributed by atoms with Gasteiger partial charge in [0.15, 0.2) is 0 Å². The van der Waals surface area contributed by atoms with Crippen LogP contribution in [0.25, 0.3) is 10.6 Å². The zero-order valence-corrected chi connectivity index (χ0v) is 22.9. The third-order valence-corrected chi connectivity index (χ3v) is 7.81. The number of aliphatic hydroxyl groups is 1. The van der Waals surface area contributed by atoms with Crippen LogP contribution in [0.2, 0.25) is 0 Å². The van der Waals surface area contributed by atoms with Gasteiger partial charge in [-0.05, 0) is 65.4 Å². The van der Waals surface area contributed by atoms with E-state index in [0.717, 1.165) is 41.3 Å². The van der Waals surface area contributed by atoms with Gasteiger partial charge in [-0.2, -0.15) is 0 Å². The van der Waals surface area contributed by atoms with E-state index in [-0.39, 0.29) is 18.7 Å². The molecule has 40 heavy (non-hydrogen) atoms. The minimum atomic E-state index is -1.03. The lowest BCUT2D eigenvalue weighted by Gasteiger charge is -2.24. The highest BCUT2D eigenvalue weighted by Crippen LogP contribution is 2.32. The molecule has 208 valence electrons. The summed E-state index contributed by atoms with van der Waals surface area (Å²) in [4.78, 5) is 17.7. The Kier molecular flexibility index (Phi) is 8.84. The van der Waals surface area contributed by atoms with E-state index in [1.807, 2.05) is 30.3 Å². The molecule has 0 fully saturated rings. The van der Waals surface area contributed by atoms with Gasteiger partial charge >= 0.3 is 0 Å². The maximum atomic E-state index is 13.9. The van der Waals surface area contributed by atoms with E-state index < -0.39 is 29.7 Å². The highest BCUT2D eigenvalue weighted by atomic mass is 32.1. The van der Waals surface area contributed by atoms with Gasteiger partial charge in [0, 0.05) is 36.5 Å². The second kappa shape index (κ2) is 12.7. The standard InChI is InChI=1S/C31H31F2N3O3S/c1-2-19-4-3-5-20(10-19)16-34-17-28(37)26(13-21-11-24(32)15-25(33)12-21)35-30(38)27-18-40-31(36-27)23-6-7-29-22(14-23)8-9-39-29/h3-7,10-12,14-15,18,26,28,34,37H,2,8-9,13,16-17H2,1H3,(H,35,38). The first-order valence-electron chi connectivity index (χ1n) is 13.3. The Bertz CT molecular complexity index is 1470. The van der Waals surface area contributed by atoms with Crippen LogP contribution in [0.4, 0.5) is 8.78 Å². The number of hydrogen-bond donors (Lipinski definition) is 3. The number of thiazole rings is 1. The second-order valence-corrected chi connectivity index (χ2v) is 10.8. The second-order valence-electron chi connectivity index (χ2n) is 9.89. The number of nitrogens with zero attached hydrogens (tertiary/aromatic N) is 1. The summed E-state index contributed by atoms with van der Waals surface area (Å²) in [7, 11) is 0. The van der Waals surface area contributed by atoms with Crippen LogP contribution in [0.5, 0.6) is 5.75 Å². The fourth-order valence-corrected chi connectivity index (χ4v) is 5.60. The van der Waals surface area contributed by atoms with Gasteiger partial charge in [-0.15, -0.1) is 11.3 Å². The Morgan fingerprint density at radius 1 is 1.07 bits per heavy atom. The van der Waals surface area contributed by atoms with Gasteiger partial charge in [0.05, 0.1) is 18.8 Å². The van der Waals surface area contributed by atoms with E-state index in [1.165, 1.54) is 29.0 Å². The topological polar surface area (TPSA) is 83.5 Å². The van der Waals surface area contributed by atoms with Crippen molar-refractivity contribution < 1.29 is 23.4 Å². The Morgan fingerprint density at radius 3 is 2.67 bits per heavy atom. The fourth-order valence-electron chi connectivity index (χ4n) is 4.80. The van der Waals surface area contributed by atoms with Crippen LogP contribution in [-0.2, 0) is 25.8 Å². The molecule has 3 aromatic carbocycles. The van der Waals surface area contributed by atoms with E-state index in [1.54, 1.807) is 5.38 Å². The van der Waals surface area contributed by atoms with E-state index in [2.05, 4.69) is 34.7 Å². The number of nitrogens with one attached hydrogen (secondary N) is 2. The number of hydrogen-bond acceptors (Lipinski definition) is 6. The molecular weight excluding hydrogens is 532 g/mol. The van der Waals surface area contributed by atoms with Crippen molar-refractivity contribution in [2.75, 3.05) is 13.2 Å². The number of amides is 1. The monoisotopic (exact) mass is 563 g/mol. The van der Waals surface area contributed by atoms with Crippen LogP contribution < -0.4 is 15.4 Å². The highest BCUT2D eigenvalue weighted by Gasteiger charge is 2.24. The zero-order chi connectivity index (χ0) is 28.1. The molecule has 2 heterocycles. The van der Waals surface area contributed by atoms with Gasteiger partial charge in [-0.3, -0.25) is 4.79 Å². The predicted octanol–water partition coefficient (Wildman–Crippen LogP) is 5.08. The van der Waals surface area contributed by atoms with Crippen molar-refractivity contribution in [2.24, 2.45) is 0 Å². The minimum absolute atomic E-state index is 0.0381. The molecule has 0 saturated heterocycles. The lowest BCUT2D eigenvalue weighted by molar-refractivity contribution is 0.0826. The average molecular weight is 564 g/mol. The van der Waals surface area contributed by atoms with E-state index in [0.29, 0.717) is 23.7 Å². The summed E-state index contributed by atoms with van der Waals surface area (Å²) >= 11 is 1.35. The van der Waals surface area contributed by atoms with Crippen molar-refractivity contribution in [2.45, 2.75) is 44.9 Å². The van der Waals surface area contributed by atoms with Gasteiger partial charge in [0.1, 0.15) is 28.1 Å². The van der Waals surface area contributed by atoms with E-state index in [9.17, 15) is 18.7 Å². The van der Waals surface area contributed by atoms with Crippen LogP contribution >= 0.6 is 11.3 Å². The van der Waals surface area contributed by atoms with Gasteiger partial charge < -0.3 is 20.5 Å². The van der Waals surface area contributed by atoms with Crippen molar-refractivity contribution >= 4 is 17.2 Å². The largest absolute Gasteiger partial charge is 0.493 e. The van der Waals surface area contributed by atoms with Gasteiger partial charge in [-0.1, -0.05) is 31.2 Å². The van der Waals surface area contributed by atoms with Crippen molar-refractivity contribution in [3.63, 3.8) is 0 Å². The minimum Gasteiger partial charge on any atom is -0.493 e. The number of ether oxygens (including phenoxy) is 1. The lowest BCUT2D eigenvalue weighted by atomic mass is 10.00. The quantitative estimate of drug-likeness (QED) is 0.237. The summed E-state index contributed by atoms with van der Waals surface area (Å²) in [5.74, 6) is -1.03. The number of rotatable bonds is 11. The molecule has 0 spiro atoms. The molecule has 1 aliphatic heterocycles. The lowest BCUT2D eigenvalue weighted by Crippen LogP contribution is -2.48. The van der Waals surface area contributed by atoms with Crippen LogP contribution in [0.15, 0.2) is 66.0 Å². The first kappa shape index (κ1) is 27.9. The predicted molar refractivity (Wildman–Crippen MR) is 152 cm³/mol. The molecule has 1 aromatic heterocycles. The maximum Gasteiger partial charge on any atom is 0.271 e. The highest BCUT2D eigenvalue weighted by molar-refractivity contribution is 7.13. The molecule has 3 N–H and O–H groups in total. The number of aromatic nitrogens is 1. The number of carbonyl (C=O) groups is 1.